The molecule has 0 radical (unpaired) electrons. The molecular weight excluding hydrogens is 267 g/mol. The van der Waals surface area contributed by atoms with Gasteiger partial charge in [0.15, 0.2) is 0 Å². The molecular formula is C9H15IO2. The van der Waals surface area contributed by atoms with Gasteiger partial charge in [0.2, 0.25) is 0 Å². The molecule has 70 valence electrons. The fourth-order valence-electron chi connectivity index (χ4n) is 0.744. The van der Waals surface area contributed by atoms with Gasteiger partial charge in [0, 0.05) is 6.42 Å². The zero-order valence-corrected chi connectivity index (χ0v) is 9.92. The summed E-state index contributed by atoms with van der Waals surface area (Å²) in [6.45, 7) is 6.62. The number of hydrogen-bond donors (Lipinski definition) is 0. The first-order chi connectivity index (χ1) is 5.86. The third kappa shape index (κ3) is 4.11. The van der Waals surface area contributed by atoms with Gasteiger partial charge in [-0.1, -0.05) is 20.8 Å². The first-order valence-electron chi connectivity index (χ1n) is 4.18. The minimum absolute atomic E-state index is 0.556. The molecule has 0 aliphatic rings. The molecule has 0 atom stereocenters. The average molecular weight is 282 g/mol. The van der Waals surface area contributed by atoms with Gasteiger partial charge in [-0.15, -0.1) is 0 Å². The number of aryl methyl sites for hydroxylation is 1. The highest BCUT2D eigenvalue weighted by molar-refractivity contribution is 14.1. The van der Waals surface area contributed by atoms with Gasteiger partial charge in [-0.3, -0.25) is 0 Å². The van der Waals surface area contributed by atoms with Crippen molar-refractivity contribution in [2.75, 3.05) is 0 Å². The van der Waals surface area contributed by atoms with E-state index in [2.05, 4.69) is 6.92 Å². The van der Waals surface area contributed by atoms with E-state index in [1.54, 1.807) is 0 Å². The third-order valence-corrected chi connectivity index (χ3v) is 1.57. The third-order valence-electron chi connectivity index (χ3n) is 1.26. The van der Waals surface area contributed by atoms with Crippen LogP contribution in [-0.2, 0) is 16.1 Å². The summed E-state index contributed by atoms with van der Waals surface area (Å²) in [6, 6.07) is 3.92. The largest absolute Gasteiger partial charge is 0.464 e. The summed E-state index contributed by atoms with van der Waals surface area (Å²) in [5.74, 6) is 1.91. The summed E-state index contributed by atoms with van der Waals surface area (Å²) in [6.07, 6.45) is 0.946. The molecule has 1 aromatic rings. The fraction of sp³-hybridized carbons (Fsp3) is 0.556. The van der Waals surface area contributed by atoms with Crippen molar-refractivity contribution in [2.24, 2.45) is 0 Å². The van der Waals surface area contributed by atoms with Crippen molar-refractivity contribution in [3.8, 4) is 0 Å². The monoisotopic (exact) mass is 282 g/mol. The SMILES string of the molecule is CC.CCc1ccc(COI)o1. The highest BCUT2D eigenvalue weighted by Crippen LogP contribution is 2.10. The molecule has 1 heterocycles. The first-order valence-corrected chi connectivity index (χ1v) is 5.06. The second kappa shape index (κ2) is 7.61. The van der Waals surface area contributed by atoms with E-state index in [1.807, 2.05) is 49.0 Å². The molecule has 0 aromatic carbocycles. The van der Waals surface area contributed by atoms with Crippen LogP contribution in [0.15, 0.2) is 16.5 Å². The number of hydrogen-bond acceptors (Lipinski definition) is 2. The fourth-order valence-corrected chi connectivity index (χ4v) is 1.05. The molecule has 0 aliphatic heterocycles. The van der Waals surface area contributed by atoms with E-state index in [-0.39, 0.29) is 0 Å². The van der Waals surface area contributed by atoms with Crippen molar-refractivity contribution in [2.45, 2.75) is 33.8 Å². The molecule has 0 N–H and O–H groups in total. The zero-order chi connectivity index (χ0) is 9.40. The van der Waals surface area contributed by atoms with Gasteiger partial charge in [0.05, 0.1) is 0 Å². The van der Waals surface area contributed by atoms with Crippen LogP contribution < -0.4 is 0 Å². The van der Waals surface area contributed by atoms with Gasteiger partial charge in [-0.25, -0.2) is 0 Å². The molecule has 0 saturated heterocycles. The Labute approximate surface area is 88.0 Å². The van der Waals surface area contributed by atoms with Gasteiger partial charge < -0.3 is 7.48 Å². The van der Waals surface area contributed by atoms with Crippen LogP contribution in [0.2, 0.25) is 0 Å². The minimum Gasteiger partial charge on any atom is -0.464 e. The summed E-state index contributed by atoms with van der Waals surface area (Å²) in [5.41, 5.74) is 0. The molecule has 0 fully saturated rings. The lowest BCUT2D eigenvalue weighted by Crippen LogP contribution is -1.77. The molecule has 0 unspecified atom stereocenters. The molecule has 0 spiro atoms. The van der Waals surface area contributed by atoms with Crippen LogP contribution in [0, 0.1) is 0 Å². The Hall–Kier alpha value is -0.0300. The summed E-state index contributed by atoms with van der Waals surface area (Å²) < 4.78 is 10.2. The van der Waals surface area contributed by atoms with Crippen molar-refractivity contribution in [3.63, 3.8) is 0 Å². The van der Waals surface area contributed by atoms with Crippen LogP contribution in [0.3, 0.4) is 0 Å². The molecule has 1 aromatic heterocycles. The van der Waals surface area contributed by atoms with Gasteiger partial charge in [-0.2, -0.15) is 0 Å². The molecule has 0 amide bonds. The summed E-state index contributed by atoms with van der Waals surface area (Å²) >= 11 is 1.85. The summed E-state index contributed by atoms with van der Waals surface area (Å²) in [4.78, 5) is 0. The number of halogens is 1. The smallest absolute Gasteiger partial charge is 0.130 e. The van der Waals surface area contributed by atoms with Crippen LogP contribution in [0.4, 0.5) is 0 Å². The standard InChI is InChI=1S/C7H9IO2.C2H6/c1-2-6-3-4-7(10-6)5-9-8;1-2/h3-4H,2,5H2,1H3;1-2H3. The predicted molar refractivity (Wildman–Crippen MR) is 58.2 cm³/mol. The highest BCUT2D eigenvalue weighted by atomic mass is 127. The maximum atomic E-state index is 5.34. The van der Waals surface area contributed by atoms with Crippen LogP contribution in [0.25, 0.3) is 0 Å². The maximum absolute atomic E-state index is 5.34. The quantitative estimate of drug-likeness (QED) is 0.788. The molecule has 2 nitrogen and oxygen atoms in total. The molecule has 0 saturated carbocycles. The Morgan fingerprint density at radius 1 is 1.33 bits per heavy atom. The molecule has 3 heteroatoms. The van der Waals surface area contributed by atoms with Crippen molar-refractivity contribution in [1.29, 1.82) is 0 Å². The minimum atomic E-state index is 0.556. The molecule has 0 aliphatic carbocycles. The van der Waals surface area contributed by atoms with E-state index in [4.69, 9.17) is 7.48 Å². The van der Waals surface area contributed by atoms with Crippen LogP contribution in [0.1, 0.15) is 32.3 Å². The topological polar surface area (TPSA) is 22.4 Å². The van der Waals surface area contributed by atoms with Crippen LogP contribution in [-0.4, -0.2) is 0 Å². The van der Waals surface area contributed by atoms with E-state index >= 15 is 0 Å². The predicted octanol–water partition coefficient (Wildman–Crippen LogP) is 3.73. The highest BCUT2D eigenvalue weighted by Gasteiger charge is 1.98. The van der Waals surface area contributed by atoms with E-state index in [9.17, 15) is 0 Å². The maximum Gasteiger partial charge on any atom is 0.130 e. The van der Waals surface area contributed by atoms with Gasteiger partial charge in [-0.05, 0) is 12.1 Å². The summed E-state index contributed by atoms with van der Waals surface area (Å²) in [7, 11) is 0. The van der Waals surface area contributed by atoms with Gasteiger partial charge >= 0.3 is 0 Å². The van der Waals surface area contributed by atoms with Crippen molar-refractivity contribution in [3.05, 3.63) is 23.7 Å². The lowest BCUT2D eigenvalue weighted by Gasteiger charge is -1.90. The lowest BCUT2D eigenvalue weighted by molar-refractivity contribution is 0.343. The number of rotatable bonds is 3. The van der Waals surface area contributed by atoms with Gasteiger partial charge in [0.1, 0.15) is 41.1 Å². The Balaban J connectivity index is 0.000000561. The van der Waals surface area contributed by atoms with E-state index < -0.39 is 0 Å². The first kappa shape index (κ1) is 12.0. The molecule has 0 bridgehead atoms. The Kier molecular flexibility index (Phi) is 7.59. The Morgan fingerprint density at radius 3 is 2.33 bits per heavy atom. The Morgan fingerprint density at radius 2 is 1.92 bits per heavy atom. The summed E-state index contributed by atoms with van der Waals surface area (Å²) in [5, 5.41) is 0. The van der Waals surface area contributed by atoms with Gasteiger partial charge in [0.25, 0.3) is 0 Å². The van der Waals surface area contributed by atoms with Crippen LogP contribution in [0.5, 0.6) is 0 Å². The van der Waals surface area contributed by atoms with E-state index in [0.717, 1.165) is 17.9 Å². The second-order valence-electron chi connectivity index (χ2n) is 1.98. The zero-order valence-electron chi connectivity index (χ0n) is 7.76. The van der Waals surface area contributed by atoms with Crippen molar-refractivity contribution in [1.82, 2.24) is 0 Å². The molecule has 12 heavy (non-hydrogen) atoms. The number of furan rings is 1. The normalized spacial score (nSPS) is 9.00. The van der Waals surface area contributed by atoms with Crippen molar-refractivity contribution < 1.29 is 7.48 Å². The van der Waals surface area contributed by atoms with Crippen LogP contribution >= 0.6 is 23.0 Å². The van der Waals surface area contributed by atoms with E-state index in [1.165, 1.54) is 0 Å². The molecule has 1 rings (SSSR count). The second-order valence-corrected chi connectivity index (χ2v) is 2.60. The van der Waals surface area contributed by atoms with E-state index in [0.29, 0.717) is 6.61 Å². The van der Waals surface area contributed by atoms with Crippen molar-refractivity contribution >= 4 is 23.0 Å². The lowest BCUT2D eigenvalue weighted by atomic mass is 10.4. The average Bonchev–Trinajstić information content (AvgIpc) is 2.57. The Bertz CT molecular complexity index is 196.